The number of ether oxygens (including phenoxy) is 1. The third kappa shape index (κ3) is 8.54. The zero-order valence-corrected chi connectivity index (χ0v) is 16.7. The summed E-state index contributed by atoms with van der Waals surface area (Å²) in [4.78, 5) is 4.17. The lowest BCUT2D eigenvalue weighted by Gasteiger charge is -2.12. The van der Waals surface area contributed by atoms with E-state index in [1.165, 1.54) is 12.3 Å². The molecule has 0 fully saturated rings. The molecule has 0 saturated carbocycles. The van der Waals surface area contributed by atoms with E-state index < -0.39 is 0 Å². The molecule has 0 saturated heterocycles. The van der Waals surface area contributed by atoms with Crippen LogP contribution >= 0.6 is 0 Å². The van der Waals surface area contributed by atoms with Crippen molar-refractivity contribution in [1.82, 2.24) is 5.32 Å². The number of aliphatic imine (C=N–C) groups is 1. The number of nitrogens with one attached hydrogen (secondary N) is 1. The second kappa shape index (κ2) is 14.0. The summed E-state index contributed by atoms with van der Waals surface area (Å²) >= 11 is 0. The molecule has 0 aliphatic carbocycles. The SMILES string of the molecule is C/C=C\C=C/C.C=C/C(=C\N)CCCOc1ccc(C2=NC=CNC2)c(F)c1. The molecule has 0 amide bonds. The minimum atomic E-state index is -0.331. The summed E-state index contributed by atoms with van der Waals surface area (Å²) in [7, 11) is 0. The molecule has 1 aromatic rings. The molecule has 0 unspecified atom stereocenters. The van der Waals surface area contributed by atoms with E-state index in [0.29, 0.717) is 30.2 Å². The van der Waals surface area contributed by atoms with E-state index in [-0.39, 0.29) is 5.82 Å². The Kier molecular flexibility index (Phi) is 11.5. The van der Waals surface area contributed by atoms with E-state index in [9.17, 15) is 4.39 Å². The normalized spacial score (nSPS) is 13.7. The molecule has 4 nitrogen and oxygen atoms in total. The van der Waals surface area contributed by atoms with Crippen molar-refractivity contribution < 1.29 is 9.13 Å². The fraction of sp³-hybridized carbons (Fsp3) is 0.261. The summed E-state index contributed by atoms with van der Waals surface area (Å²) in [6.07, 6.45) is 16.2. The van der Waals surface area contributed by atoms with Crippen LogP contribution in [0.4, 0.5) is 4.39 Å². The Bertz CT molecular complexity index is 751. The number of hydrogen-bond donors (Lipinski definition) is 2. The van der Waals surface area contributed by atoms with Crippen LogP contribution in [-0.2, 0) is 0 Å². The zero-order valence-electron chi connectivity index (χ0n) is 16.7. The number of nitrogens with two attached hydrogens (primary N) is 1. The molecule has 3 N–H and O–H groups in total. The predicted octanol–water partition coefficient (Wildman–Crippen LogP) is 5.02. The van der Waals surface area contributed by atoms with E-state index in [0.717, 1.165) is 18.4 Å². The minimum absolute atomic E-state index is 0.331. The van der Waals surface area contributed by atoms with Gasteiger partial charge in [-0.1, -0.05) is 37.0 Å². The number of rotatable bonds is 8. The Morgan fingerprint density at radius 2 is 2.07 bits per heavy atom. The van der Waals surface area contributed by atoms with Crippen molar-refractivity contribution in [3.8, 4) is 5.75 Å². The van der Waals surface area contributed by atoms with Crippen LogP contribution in [0.5, 0.6) is 5.75 Å². The molecule has 1 heterocycles. The van der Waals surface area contributed by atoms with Crippen LogP contribution in [0.3, 0.4) is 0 Å². The van der Waals surface area contributed by atoms with Gasteiger partial charge in [0.1, 0.15) is 11.6 Å². The summed E-state index contributed by atoms with van der Waals surface area (Å²) in [5.41, 5.74) is 7.58. The minimum Gasteiger partial charge on any atom is -0.493 e. The smallest absolute Gasteiger partial charge is 0.136 e. The van der Waals surface area contributed by atoms with Crippen molar-refractivity contribution in [3.63, 3.8) is 0 Å². The number of nitrogens with zero attached hydrogens (tertiary/aromatic N) is 1. The summed E-state index contributed by atoms with van der Waals surface area (Å²) in [6.45, 7) is 8.69. The molecule has 0 atom stereocenters. The molecule has 5 heteroatoms. The molecule has 0 aromatic heterocycles. The Morgan fingerprint density at radius 3 is 2.61 bits per heavy atom. The molecule has 1 aliphatic heterocycles. The lowest BCUT2D eigenvalue weighted by molar-refractivity contribution is 0.309. The quantitative estimate of drug-likeness (QED) is 0.490. The first-order valence-corrected chi connectivity index (χ1v) is 9.31. The average Bonchev–Trinajstić information content (AvgIpc) is 2.73. The van der Waals surface area contributed by atoms with Gasteiger partial charge in [0.15, 0.2) is 0 Å². The van der Waals surface area contributed by atoms with Gasteiger partial charge in [0.25, 0.3) is 0 Å². The van der Waals surface area contributed by atoms with Crippen molar-refractivity contribution in [2.75, 3.05) is 13.2 Å². The standard InChI is InChI=1S/C17H20FN3O.C6H10/c1-2-13(11-19)4-3-9-22-14-5-6-15(16(18)10-14)17-12-20-7-8-21-17;1-3-5-6-4-2/h2,5-8,10-11,20H,1,3-4,9,12,19H2;3-6H,1-2H3/b13-11+;5-3-,6-4-. The molecule has 0 spiro atoms. The van der Waals surface area contributed by atoms with E-state index in [2.05, 4.69) is 16.9 Å². The van der Waals surface area contributed by atoms with Crippen LogP contribution in [0.25, 0.3) is 0 Å². The van der Waals surface area contributed by atoms with Crippen molar-refractivity contribution in [1.29, 1.82) is 0 Å². The monoisotopic (exact) mass is 383 g/mol. The van der Waals surface area contributed by atoms with Crippen LogP contribution in [0, 0.1) is 5.82 Å². The van der Waals surface area contributed by atoms with Gasteiger partial charge in [0.05, 0.1) is 18.9 Å². The van der Waals surface area contributed by atoms with Crippen molar-refractivity contribution in [2.24, 2.45) is 10.7 Å². The van der Waals surface area contributed by atoms with Crippen LogP contribution in [0.15, 0.2) is 84.3 Å². The van der Waals surface area contributed by atoms with Crippen LogP contribution in [-0.4, -0.2) is 18.9 Å². The fourth-order valence-corrected chi connectivity index (χ4v) is 2.31. The summed E-state index contributed by atoms with van der Waals surface area (Å²) in [5, 5.41) is 3.01. The van der Waals surface area contributed by atoms with Gasteiger partial charge in [0.2, 0.25) is 0 Å². The van der Waals surface area contributed by atoms with Gasteiger partial charge >= 0.3 is 0 Å². The predicted molar refractivity (Wildman–Crippen MR) is 117 cm³/mol. The van der Waals surface area contributed by atoms with Crippen molar-refractivity contribution >= 4 is 5.71 Å². The molecule has 0 radical (unpaired) electrons. The van der Waals surface area contributed by atoms with Crippen LogP contribution in [0.1, 0.15) is 32.3 Å². The first kappa shape index (κ1) is 23.0. The average molecular weight is 384 g/mol. The first-order chi connectivity index (χ1) is 13.7. The van der Waals surface area contributed by atoms with Gasteiger partial charge in [-0.3, -0.25) is 4.99 Å². The molecule has 2 rings (SSSR count). The van der Waals surface area contributed by atoms with Gasteiger partial charge < -0.3 is 15.8 Å². The molecule has 150 valence electrons. The van der Waals surface area contributed by atoms with E-state index in [4.69, 9.17) is 10.5 Å². The molecule has 1 aliphatic rings. The third-order valence-corrected chi connectivity index (χ3v) is 3.79. The van der Waals surface area contributed by atoms with Gasteiger partial charge in [0, 0.05) is 24.0 Å². The maximum Gasteiger partial charge on any atom is 0.136 e. The highest BCUT2D eigenvalue weighted by Gasteiger charge is 2.11. The molecule has 1 aromatic carbocycles. The Morgan fingerprint density at radius 1 is 1.32 bits per heavy atom. The van der Waals surface area contributed by atoms with Gasteiger partial charge in [-0.15, -0.1) is 0 Å². The molecular formula is C23H30FN3O. The summed E-state index contributed by atoms with van der Waals surface area (Å²) in [6, 6.07) is 4.84. The maximum absolute atomic E-state index is 14.1. The third-order valence-electron chi connectivity index (χ3n) is 3.79. The van der Waals surface area contributed by atoms with Crippen molar-refractivity contribution in [3.05, 3.63) is 90.7 Å². The molecule has 28 heavy (non-hydrogen) atoms. The number of hydrogen-bond acceptors (Lipinski definition) is 4. The van der Waals surface area contributed by atoms with Gasteiger partial charge in [-0.25, -0.2) is 4.39 Å². The van der Waals surface area contributed by atoms with E-state index in [1.807, 2.05) is 38.2 Å². The second-order valence-corrected chi connectivity index (χ2v) is 5.86. The Hall–Kier alpha value is -3.08. The fourth-order valence-electron chi connectivity index (χ4n) is 2.31. The summed E-state index contributed by atoms with van der Waals surface area (Å²) in [5.74, 6) is 0.181. The second-order valence-electron chi connectivity index (χ2n) is 5.86. The van der Waals surface area contributed by atoms with Crippen LogP contribution in [0.2, 0.25) is 0 Å². The zero-order chi connectivity index (χ0) is 20.6. The number of halogens is 1. The lowest BCUT2D eigenvalue weighted by Crippen LogP contribution is -2.22. The van der Waals surface area contributed by atoms with Gasteiger partial charge in [-0.05, 0) is 50.6 Å². The first-order valence-electron chi connectivity index (χ1n) is 9.31. The maximum atomic E-state index is 14.1. The van der Waals surface area contributed by atoms with E-state index >= 15 is 0 Å². The number of allylic oxidation sites excluding steroid dienone is 6. The Labute approximate surface area is 167 Å². The topological polar surface area (TPSA) is 59.6 Å². The highest BCUT2D eigenvalue weighted by atomic mass is 19.1. The van der Waals surface area contributed by atoms with Gasteiger partial charge in [-0.2, -0.15) is 0 Å². The lowest BCUT2D eigenvalue weighted by atomic mass is 10.1. The van der Waals surface area contributed by atoms with E-state index in [1.54, 1.807) is 30.6 Å². The Balaban J connectivity index is 0.000000568. The highest BCUT2D eigenvalue weighted by molar-refractivity contribution is 6.03. The molecular weight excluding hydrogens is 353 g/mol. The summed E-state index contributed by atoms with van der Waals surface area (Å²) < 4.78 is 19.7. The molecule has 0 bridgehead atoms. The van der Waals surface area contributed by atoms with Crippen molar-refractivity contribution in [2.45, 2.75) is 26.7 Å². The largest absolute Gasteiger partial charge is 0.493 e. The number of benzene rings is 1. The highest BCUT2D eigenvalue weighted by Crippen LogP contribution is 2.18. The van der Waals surface area contributed by atoms with Crippen LogP contribution < -0.4 is 15.8 Å².